The van der Waals surface area contributed by atoms with E-state index < -0.39 is 0 Å². The van der Waals surface area contributed by atoms with Crippen molar-refractivity contribution in [3.8, 4) is 0 Å². The van der Waals surface area contributed by atoms with E-state index in [4.69, 9.17) is 0 Å². The molecule has 1 aliphatic heterocycles. The van der Waals surface area contributed by atoms with Crippen LogP contribution in [-0.2, 0) is 0 Å². The maximum atomic E-state index is 13.1. The highest BCUT2D eigenvalue weighted by atomic mass is 16.1. The summed E-state index contributed by atoms with van der Waals surface area (Å²) in [5.41, 5.74) is 3.97. The molecule has 0 spiro atoms. The van der Waals surface area contributed by atoms with Gasteiger partial charge in [-0.25, -0.2) is 0 Å². The number of likely N-dealkylation sites (tertiary alicyclic amines) is 1. The molecule has 0 radical (unpaired) electrons. The molecule has 1 heterocycles. The lowest BCUT2D eigenvalue weighted by Gasteiger charge is -2.43. The minimum atomic E-state index is -0.0744. The minimum absolute atomic E-state index is 0.0242. The summed E-state index contributed by atoms with van der Waals surface area (Å²) in [7, 11) is 4.25. The molecule has 1 unspecified atom stereocenters. The number of hydrogen-bond donors (Lipinski definition) is 1. The topological polar surface area (TPSA) is 35.6 Å². The molecule has 1 saturated heterocycles. The van der Waals surface area contributed by atoms with Crippen LogP contribution in [0.4, 0.5) is 5.69 Å². The van der Waals surface area contributed by atoms with Gasteiger partial charge < -0.3 is 15.1 Å². The first-order valence-electron chi connectivity index (χ1n) is 10.2. The van der Waals surface area contributed by atoms with Crippen LogP contribution in [0.15, 0.2) is 60.7 Å². The van der Waals surface area contributed by atoms with Crippen molar-refractivity contribution in [3.63, 3.8) is 0 Å². The van der Waals surface area contributed by atoms with E-state index in [-0.39, 0.29) is 11.9 Å². The monoisotopic (exact) mass is 387 g/mol. The summed E-state index contributed by atoms with van der Waals surface area (Å²) in [5.74, 6) is -0.0242. The van der Waals surface area contributed by atoms with Crippen LogP contribution in [0, 0.1) is 6.92 Å². The summed E-state index contributed by atoms with van der Waals surface area (Å²) in [6, 6.07) is 21.2. The zero-order valence-corrected chi connectivity index (χ0v) is 17.6. The van der Waals surface area contributed by atoms with E-state index in [0.717, 1.165) is 35.5 Å². The van der Waals surface area contributed by atoms with Gasteiger partial charge in [-0.2, -0.15) is 0 Å². The van der Waals surface area contributed by atoms with Gasteiger partial charge in [0.1, 0.15) is 0 Å². The molecule has 0 bridgehead atoms. The Labute approximate surface area is 173 Å². The van der Waals surface area contributed by atoms with Crippen LogP contribution >= 0.6 is 0 Å². The smallest absolute Gasteiger partial charge is 0.252 e. The first kappa shape index (κ1) is 19.5. The first-order chi connectivity index (χ1) is 13.9. The van der Waals surface area contributed by atoms with Gasteiger partial charge in [-0.3, -0.25) is 4.79 Å². The number of aryl methyl sites for hydroxylation is 1. The quantitative estimate of drug-likeness (QED) is 0.705. The van der Waals surface area contributed by atoms with Crippen molar-refractivity contribution < 1.29 is 4.79 Å². The van der Waals surface area contributed by atoms with E-state index in [2.05, 4.69) is 72.5 Å². The summed E-state index contributed by atoms with van der Waals surface area (Å²) >= 11 is 0. The van der Waals surface area contributed by atoms with Gasteiger partial charge in [-0.15, -0.1) is 0 Å². The Morgan fingerprint density at radius 3 is 2.59 bits per heavy atom. The van der Waals surface area contributed by atoms with Crippen LogP contribution < -0.4 is 10.2 Å². The van der Waals surface area contributed by atoms with Gasteiger partial charge in [0.25, 0.3) is 5.91 Å². The molecular formula is C25H29N3O. The first-order valence-corrected chi connectivity index (χ1v) is 10.2. The molecule has 0 aromatic heterocycles. The highest BCUT2D eigenvalue weighted by Crippen LogP contribution is 2.26. The third-order valence-electron chi connectivity index (χ3n) is 6.10. The van der Waals surface area contributed by atoms with E-state index in [1.54, 1.807) is 0 Å². The maximum absolute atomic E-state index is 13.1. The number of anilines is 1. The van der Waals surface area contributed by atoms with Crippen LogP contribution in [0.25, 0.3) is 10.8 Å². The number of carbonyl (C=O) groups is 1. The van der Waals surface area contributed by atoms with Crippen molar-refractivity contribution in [1.82, 2.24) is 10.2 Å². The van der Waals surface area contributed by atoms with Crippen LogP contribution in [0.3, 0.4) is 0 Å². The molecular weight excluding hydrogens is 358 g/mol. The number of nitrogens with zero attached hydrogens (tertiary/aromatic N) is 2. The lowest BCUT2D eigenvalue weighted by molar-refractivity contribution is 0.0939. The predicted octanol–water partition coefficient (Wildman–Crippen LogP) is 4.39. The molecule has 4 heteroatoms. The largest absolute Gasteiger partial charge is 0.369 e. The Hall–Kier alpha value is -2.85. The number of fused-ring (bicyclic) bond motifs is 1. The maximum Gasteiger partial charge on any atom is 0.252 e. The predicted molar refractivity (Wildman–Crippen MR) is 121 cm³/mol. The Bertz CT molecular complexity index is 1030. The number of carbonyl (C=O) groups excluding carboxylic acids is 1. The molecule has 29 heavy (non-hydrogen) atoms. The van der Waals surface area contributed by atoms with Crippen LogP contribution in [-0.4, -0.2) is 44.0 Å². The number of rotatable bonds is 5. The highest BCUT2D eigenvalue weighted by Gasteiger charge is 2.27. The van der Waals surface area contributed by atoms with Crippen molar-refractivity contribution >= 4 is 22.4 Å². The SMILES string of the molecule is Cc1ccc(N(C)C2CN(C)C2)cc1C(=O)NC(C)c1cccc2ccccc12. The average Bonchev–Trinajstić information content (AvgIpc) is 2.70. The molecule has 0 aliphatic carbocycles. The van der Waals surface area contributed by atoms with E-state index in [1.807, 2.05) is 31.2 Å². The molecule has 0 saturated carbocycles. The summed E-state index contributed by atoms with van der Waals surface area (Å²) in [4.78, 5) is 17.7. The van der Waals surface area contributed by atoms with Crippen LogP contribution in [0.1, 0.15) is 34.5 Å². The Morgan fingerprint density at radius 1 is 1.10 bits per heavy atom. The van der Waals surface area contributed by atoms with Gasteiger partial charge in [0.2, 0.25) is 0 Å². The molecule has 1 fully saturated rings. The van der Waals surface area contributed by atoms with Crippen LogP contribution in [0.2, 0.25) is 0 Å². The third kappa shape index (κ3) is 3.85. The Balaban J connectivity index is 1.55. The van der Waals surface area contributed by atoms with Crippen molar-refractivity contribution in [3.05, 3.63) is 77.4 Å². The molecule has 1 atom stereocenters. The lowest BCUT2D eigenvalue weighted by Crippen LogP contribution is -2.56. The van der Waals surface area contributed by atoms with Crippen molar-refractivity contribution in [2.45, 2.75) is 25.9 Å². The van der Waals surface area contributed by atoms with Crippen LogP contribution in [0.5, 0.6) is 0 Å². The van der Waals surface area contributed by atoms with Gasteiger partial charge in [0.15, 0.2) is 0 Å². The fourth-order valence-electron chi connectivity index (χ4n) is 4.18. The van der Waals surface area contributed by atoms with E-state index in [9.17, 15) is 4.79 Å². The molecule has 1 amide bonds. The van der Waals surface area contributed by atoms with Crippen molar-refractivity contribution in [1.29, 1.82) is 0 Å². The molecule has 1 N–H and O–H groups in total. The standard InChI is InChI=1S/C25H29N3O/c1-17-12-13-20(28(4)21-15-27(3)16-21)14-24(17)25(29)26-18(2)22-11-7-9-19-8-5-6-10-23(19)22/h5-14,18,21H,15-16H2,1-4H3,(H,26,29). The van der Waals surface area contributed by atoms with Gasteiger partial charge >= 0.3 is 0 Å². The normalized spacial score (nSPS) is 15.7. The lowest BCUT2D eigenvalue weighted by atomic mass is 9.99. The van der Waals surface area contributed by atoms with Crippen molar-refractivity contribution in [2.24, 2.45) is 0 Å². The summed E-state index contributed by atoms with van der Waals surface area (Å²) in [6.45, 7) is 6.17. The minimum Gasteiger partial charge on any atom is -0.369 e. The summed E-state index contributed by atoms with van der Waals surface area (Å²) < 4.78 is 0. The number of amides is 1. The number of nitrogens with one attached hydrogen (secondary N) is 1. The summed E-state index contributed by atoms with van der Waals surface area (Å²) in [6.07, 6.45) is 0. The second-order valence-electron chi connectivity index (χ2n) is 8.25. The van der Waals surface area contributed by atoms with E-state index in [1.165, 1.54) is 10.8 Å². The molecule has 1 aliphatic rings. The third-order valence-corrected chi connectivity index (χ3v) is 6.10. The highest BCUT2D eigenvalue weighted by molar-refractivity contribution is 5.97. The fourth-order valence-corrected chi connectivity index (χ4v) is 4.18. The van der Waals surface area contributed by atoms with Gasteiger partial charge in [-0.05, 0) is 54.9 Å². The van der Waals surface area contributed by atoms with Crippen molar-refractivity contribution in [2.75, 3.05) is 32.1 Å². The zero-order valence-electron chi connectivity index (χ0n) is 17.6. The molecule has 3 aromatic carbocycles. The molecule has 4 nitrogen and oxygen atoms in total. The molecule has 4 rings (SSSR count). The summed E-state index contributed by atoms with van der Waals surface area (Å²) in [5, 5.41) is 5.58. The Kier molecular flexibility index (Phi) is 5.29. The van der Waals surface area contributed by atoms with E-state index in [0.29, 0.717) is 6.04 Å². The molecule has 3 aromatic rings. The second kappa shape index (κ2) is 7.88. The number of hydrogen-bond acceptors (Lipinski definition) is 3. The average molecular weight is 388 g/mol. The Morgan fingerprint density at radius 2 is 1.83 bits per heavy atom. The fraction of sp³-hybridized carbons (Fsp3) is 0.320. The van der Waals surface area contributed by atoms with E-state index >= 15 is 0 Å². The molecule has 150 valence electrons. The van der Waals surface area contributed by atoms with Gasteiger partial charge in [-0.1, -0.05) is 48.5 Å². The second-order valence-corrected chi connectivity index (χ2v) is 8.25. The number of likely N-dealkylation sites (N-methyl/N-ethyl adjacent to an activating group) is 2. The van der Waals surface area contributed by atoms with Gasteiger partial charge in [0, 0.05) is 31.4 Å². The number of benzene rings is 3. The van der Waals surface area contributed by atoms with Gasteiger partial charge in [0.05, 0.1) is 12.1 Å². The zero-order chi connectivity index (χ0) is 20.5.